The van der Waals surface area contributed by atoms with Gasteiger partial charge in [0, 0.05) is 13.1 Å². The highest BCUT2D eigenvalue weighted by Crippen LogP contribution is 2.65. The van der Waals surface area contributed by atoms with E-state index in [9.17, 15) is 28.8 Å². The van der Waals surface area contributed by atoms with E-state index in [2.05, 4.69) is 21.3 Å². The summed E-state index contributed by atoms with van der Waals surface area (Å²) in [4.78, 5) is 79.0. The molecule has 1 aliphatic heterocycles. The number of piperidine rings is 1. The molecule has 0 bridgehead atoms. The highest BCUT2D eigenvalue weighted by atomic mass is 16.6. The van der Waals surface area contributed by atoms with Crippen molar-refractivity contribution >= 4 is 35.6 Å². The zero-order valence-electron chi connectivity index (χ0n) is 27.6. The third kappa shape index (κ3) is 8.41. The lowest BCUT2D eigenvalue weighted by molar-refractivity contribution is -0.145. The number of urea groups is 1. The molecule has 2 saturated carbocycles. The molecule has 1 unspecified atom stereocenters. The number of primary amides is 1. The Labute approximate surface area is 260 Å². The molecular weight excluding hydrogens is 568 g/mol. The van der Waals surface area contributed by atoms with Crippen molar-refractivity contribution in [2.75, 3.05) is 13.1 Å². The maximum Gasteiger partial charge on any atom is 0.407 e. The first kappa shape index (κ1) is 35.1. The number of amides is 6. The molecule has 3 fully saturated rings. The minimum atomic E-state index is -1.10. The number of rotatable bonds is 13. The van der Waals surface area contributed by atoms with Gasteiger partial charge in [-0.1, -0.05) is 61.3 Å². The van der Waals surface area contributed by atoms with Crippen molar-refractivity contribution < 1.29 is 33.5 Å². The van der Waals surface area contributed by atoms with E-state index in [1.165, 1.54) is 4.90 Å². The van der Waals surface area contributed by atoms with Gasteiger partial charge in [0.15, 0.2) is 0 Å². The van der Waals surface area contributed by atoms with Crippen molar-refractivity contribution in [3.05, 3.63) is 0 Å². The highest BCUT2D eigenvalue weighted by Gasteiger charge is 2.70. The van der Waals surface area contributed by atoms with Crippen molar-refractivity contribution in [3.63, 3.8) is 0 Å². The van der Waals surface area contributed by atoms with E-state index >= 15 is 0 Å². The molecule has 0 aromatic rings. The van der Waals surface area contributed by atoms with Crippen molar-refractivity contribution in [3.8, 4) is 0 Å². The third-order valence-electron chi connectivity index (χ3n) is 9.22. The Morgan fingerprint density at radius 1 is 0.977 bits per heavy atom. The molecule has 2 aliphatic carbocycles. The van der Waals surface area contributed by atoms with Crippen molar-refractivity contribution in [2.24, 2.45) is 40.2 Å². The fraction of sp³-hybridized carbons (Fsp3) is 0.806. The average Bonchev–Trinajstić information content (AvgIpc) is 3.74. The lowest BCUT2D eigenvalue weighted by Crippen LogP contribution is -2.62. The van der Waals surface area contributed by atoms with Gasteiger partial charge in [-0.3, -0.25) is 19.2 Å². The van der Waals surface area contributed by atoms with Crippen LogP contribution in [0.3, 0.4) is 0 Å². The summed E-state index contributed by atoms with van der Waals surface area (Å²) in [5, 5.41) is 11.1. The van der Waals surface area contributed by atoms with E-state index in [4.69, 9.17) is 10.5 Å². The van der Waals surface area contributed by atoms with Gasteiger partial charge < -0.3 is 36.6 Å². The predicted octanol–water partition coefficient (Wildman–Crippen LogP) is 1.68. The van der Waals surface area contributed by atoms with Crippen LogP contribution in [0.1, 0.15) is 81.6 Å². The van der Waals surface area contributed by atoms with Gasteiger partial charge in [-0.25, -0.2) is 9.59 Å². The Kier molecular flexibility index (Phi) is 10.6. The quantitative estimate of drug-likeness (QED) is 0.194. The maximum absolute atomic E-state index is 14.2. The smallest absolute Gasteiger partial charge is 0.407 e. The summed E-state index contributed by atoms with van der Waals surface area (Å²) in [6, 6.07) is -3.92. The van der Waals surface area contributed by atoms with Gasteiger partial charge in [-0.15, -0.1) is 0 Å². The van der Waals surface area contributed by atoms with E-state index in [0.717, 1.165) is 12.8 Å². The van der Waals surface area contributed by atoms with Crippen LogP contribution in [-0.2, 0) is 23.9 Å². The summed E-state index contributed by atoms with van der Waals surface area (Å²) in [6.45, 7) is 17.3. The molecule has 1 heterocycles. The number of hydrogen-bond donors (Lipinski definition) is 5. The summed E-state index contributed by atoms with van der Waals surface area (Å²) < 4.78 is 5.11. The maximum atomic E-state index is 14.2. The van der Waals surface area contributed by atoms with Crippen molar-refractivity contribution in [1.82, 2.24) is 26.2 Å². The van der Waals surface area contributed by atoms with Crippen LogP contribution in [0.4, 0.5) is 9.59 Å². The molecule has 0 spiro atoms. The number of carbonyl (C=O) groups excluding carboxylic acids is 6. The number of fused-ring (bicyclic) bond motifs is 1. The van der Waals surface area contributed by atoms with Crippen molar-refractivity contribution in [1.29, 1.82) is 0 Å². The summed E-state index contributed by atoms with van der Waals surface area (Å²) in [5.74, 6) is -2.70. The molecule has 3 aliphatic rings. The Morgan fingerprint density at radius 2 is 1.59 bits per heavy atom. The standard InChI is InChI=1S/C31H52N6O7/c1-15(2)20(13-33-29(43)44-16(3)4)35-28(42)36-24(30(5,6)7)27(41)37-14-18-21(31(18,8)9)22(37)26(40)34-19(12-17-10-11-17)23(38)25(32)39/h15-22,24H,10-14H2,1-9H3,(H2,32,39)(H,33,43)(H,34,40)(H2,35,36,42)/t18-,19?,20+,21-,22-,24+/m0/s1. The van der Waals surface area contributed by atoms with Crippen molar-refractivity contribution in [2.45, 2.75) is 112 Å². The number of nitrogens with two attached hydrogens (primary N) is 1. The molecule has 248 valence electrons. The molecule has 3 rings (SSSR count). The number of likely N-dealkylation sites (tertiary alicyclic amines) is 1. The lowest BCUT2D eigenvalue weighted by atomic mass is 9.85. The molecule has 0 aromatic heterocycles. The summed E-state index contributed by atoms with van der Waals surface area (Å²) in [7, 11) is 0. The topological polar surface area (TPSA) is 189 Å². The fourth-order valence-electron chi connectivity index (χ4n) is 6.22. The molecule has 6 amide bonds. The number of hydrogen-bond acceptors (Lipinski definition) is 7. The second kappa shape index (κ2) is 13.3. The Morgan fingerprint density at radius 3 is 2.09 bits per heavy atom. The van der Waals surface area contributed by atoms with E-state index < -0.39 is 65.2 Å². The van der Waals surface area contributed by atoms with E-state index in [1.54, 1.807) is 13.8 Å². The zero-order valence-corrected chi connectivity index (χ0v) is 27.6. The third-order valence-corrected chi connectivity index (χ3v) is 9.22. The van der Waals surface area contributed by atoms with Gasteiger partial charge >= 0.3 is 12.1 Å². The summed E-state index contributed by atoms with van der Waals surface area (Å²) >= 11 is 0. The van der Waals surface area contributed by atoms with E-state index in [-0.39, 0.29) is 41.7 Å². The molecule has 6 N–H and O–H groups in total. The number of ether oxygens (including phenoxy) is 1. The van der Waals surface area contributed by atoms with Gasteiger partial charge in [0.2, 0.25) is 17.6 Å². The molecular formula is C31H52N6O7. The average molecular weight is 621 g/mol. The van der Waals surface area contributed by atoms with Gasteiger partial charge in [-0.05, 0) is 54.8 Å². The zero-order chi connectivity index (χ0) is 33.3. The van der Waals surface area contributed by atoms with Crippen LogP contribution >= 0.6 is 0 Å². The van der Waals surface area contributed by atoms with Gasteiger partial charge in [0.25, 0.3) is 5.91 Å². The molecule has 13 heteroatoms. The number of Topliss-reactive ketones (excluding diaryl/α,β-unsaturated/α-hetero) is 1. The molecule has 6 atom stereocenters. The van der Waals surface area contributed by atoms with Gasteiger partial charge in [-0.2, -0.15) is 0 Å². The highest BCUT2D eigenvalue weighted by molar-refractivity contribution is 6.37. The van der Waals surface area contributed by atoms with Crippen LogP contribution < -0.4 is 27.0 Å². The normalized spacial score (nSPS) is 24.1. The van der Waals surface area contributed by atoms with Crippen LogP contribution in [0.2, 0.25) is 0 Å². The SMILES string of the molecule is CC(C)OC(=O)NC[C@@H](NC(=O)N[C@H](C(=O)N1C[C@H]2[C@@H]([C@H]1C(=O)NC(CC1CC1)C(=O)C(N)=O)C2(C)C)C(C)(C)C)C(C)C. The molecule has 13 nitrogen and oxygen atoms in total. The van der Waals surface area contributed by atoms with Crippen LogP contribution in [0.15, 0.2) is 0 Å². The largest absolute Gasteiger partial charge is 0.447 e. The first-order valence-electron chi connectivity index (χ1n) is 15.7. The lowest BCUT2D eigenvalue weighted by Gasteiger charge is -2.38. The molecule has 1 saturated heterocycles. The number of nitrogens with one attached hydrogen (secondary N) is 4. The predicted molar refractivity (Wildman–Crippen MR) is 163 cm³/mol. The minimum absolute atomic E-state index is 0.0448. The Balaban J connectivity index is 1.76. The molecule has 0 radical (unpaired) electrons. The Bertz CT molecular complexity index is 1140. The molecule has 0 aromatic carbocycles. The first-order valence-corrected chi connectivity index (χ1v) is 15.7. The number of ketones is 1. The Hall–Kier alpha value is -3.38. The number of alkyl carbamates (subject to hydrolysis) is 1. The van der Waals surface area contributed by atoms with Crippen LogP contribution in [-0.4, -0.2) is 83.9 Å². The first-order chi connectivity index (χ1) is 20.2. The van der Waals surface area contributed by atoms with Crippen LogP contribution in [0, 0.1) is 34.5 Å². The summed E-state index contributed by atoms with van der Waals surface area (Å²) in [5.41, 5.74) is 4.37. The van der Waals surface area contributed by atoms with Gasteiger partial charge in [0.05, 0.1) is 18.2 Å². The van der Waals surface area contributed by atoms with Crippen LogP contribution in [0.5, 0.6) is 0 Å². The van der Waals surface area contributed by atoms with E-state index in [0.29, 0.717) is 13.0 Å². The minimum Gasteiger partial charge on any atom is -0.447 e. The second-order valence-corrected chi connectivity index (χ2v) is 15.0. The fourth-order valence-corrected chi connectivity index (χ4v) is 6.22. The second-order valence-electron chi connectivity index (χ2n) is 15.0. The number of nitrogens with zero attached hydrogens (tertiary/aromatic N) is 1. The summed E-state index contributed by atoms with van der Waals surface area (Å²) in [6.07, 6.45) is 1.29. The number of carbonyl (C=O) groups is 6. The van der Waals surface area contributed by atoms with Gasteiger partial charge in [0.1, 0.15) is 12.1 Å². The molecule has 44 heavy (non-hydrogen) atoms. The monoisotopic (exact) mass is 620 g/mol. The van der Waals surface area contributed by atoms with Crippen LogP contribution in [0.25, 0.3) is 0 Å². The van der Waals surface area contributed by atoms with E-state index in [1.807, 2.05) is 48.5 Å².